The van der Waals surface area contributed by atoms with Gasteiger partial charge in [-0.3, -0.25) is 0 Å². The summed E-state index contributed by atoms with van der Waals surface area (Å²) in [5.41, 5.74) is 6.25. The Morgan fingerprint density at radius 3 is 2.63 bits per heavy atom. The molecule has 1 aliphatic heterocycles. The third-order valence-electron chi connectivity index (χ3n) is 5.37. The Labute approximate surface area is 115 Å². The van der Waals surface area contributed by atoms with Gasteiger partial charge >= 0.3 is 6.03 Å². The third-order valence-corrected chi connectivity index (χ3v) is 5.37. The van der Waals surface area contributed by atoms with Crippen LogP contribution in [0.2, 0.25) is 0 Å². The highest BCUT2D eigenvalue weighted by Crippen LogP contribution is 2.49. The third kappa shape index (κ3) is 1.96. The summed E-state index contributed by atoms with van der Waals surface area (Å²) in [6.07, 6.45) is 5.69. The normalized spacial score (nSPS) is 37.8. The lowest BCUT2D eigenvalue weighted by molar-refractivity contribution is 0.0489. The summed E-state index contributed by atoms with van der Waals surface area (Å²) in [7, 11) is 0. The molecule has 2 unspecified atom stereocenters. The zero-order valence-electron chi connectivity index (χ0n) is 12.3. The van der Waals surface area contributed by atoms with Gasteiger partial charge in [-0.2, -0.15) is 4.99 Å². The van der Waals surface area contributed by atoms with E-state index in [1.807, 2.05) is 4.90 Å². The molecule has 0 aromatic carbocycles. The fourth-order valence-corrected chi connectivity index (χ4v) is 4.03. The molecule has 19 heavy (non-hydrogen) atoms. The molecule has 0 aromatic rings. The van der Waals surface area contributed by atoms with E-state index < -0.39 is 0 Å². The van der Waals surface area contributed by atoms with Gasteiger partial charge in [0, 0.05) is 6.54 Å². The molecule has 2 atom stereocenters. The topological polar surface area (TPSA) is 58.7 Å². The zero-order valence-corrected chi connectivity index (χ0v) is 12.3. The van der Waals surface area contributed by atoms with Crippen LogP contribution >= 0.6 is 0 Å². The molecule has 2 fully saturated rings. The lowest BCUT2D eigenvalue weighted by atomic mass is 9.63. The number of amides is 2. The van der Waals surface area contributed by atoms with Crippen LogP contribution in [0.4, 0.5) is 4.79 Å². The molecule has 4 nitrogen and oxygen atoms in total. The fourth-order valence-electron chi connectivity index (χ4n) is 4.03. The van der Waals surface area contributed by atoms with Crippen molar-refractivity contribution in [3.05, 3.63) is 0 Å². The van der Waals surface area contributed by atoms with Gasteiger partial charge in [-0.25, -0.2) is 4.79 Å². The zero-order chi connectivity index (χ0) is 13.8. The number of nitrogens with zero attached hydrogens (tertiary/aromatic N) is 2. The molecule has 1 spiro atoms. The van der Waals surface area contributed by atoms with Crippen LogP contribution in [0.1, 0.15) is 52.9 Å². The average Bonchev–Trinajstić information content (AvgIpc) is 3.05. The first-order chi connectivity index (χ1) is 8.85. The summed E-state index contributed by atoms with van der Waals surface area (Å²) in [5, 5.41) is 0. The maximum Gasteiger partial charge on any atom is 0.346 e. The van der Waals surface area contributed by atoms with Crippen LogP contribution in [0.3, 0.4) is 0 Å². The van der Waals surface area contributed by atoms with Crippen LogP contribution < -0.4 is 5.73 Å². The van der Waals surface area contributed by atoms with Crippen molar-refractivity contribution in [1.82, 2.24) is 4.90 Å². The smallest absolute Gasteiger partial charge is 0.346 e. The highest BCUT2D eigenvalue weighted by atomic mass is 16.2. The van der Waals surface area contributed by atoms with E-state index in [1.165, 1.54) is 12.8 Å². The molecule has 1 heterocycles. The Morgan fingerprint density at radius 2 is 2.05 bits per heavy atom. The number of amidine groups is 1. The first kappa shape index (κ1) is 12.9. The second kappa shape index (κ2) is 3.97. The highest BCUT2D eigenvalue weighted by molar-refractivity contribution is 6.06. The maximum absolute atomic E-state index is 12.2. The standard InChI is InChI=1S/C15H25N3O/c1-10-8-14(2,3)6-7-15(10)12(16)17-13(19)18(15)9-11-4-5-11/h10-11H,4-9H2,1-3H3,(H2,16,17,19). The van der Waals surface area contributed by atoms with E-state index in [-0.39, 0.29) is 11.6 Å². The Morgan fingerprint density at radius 1 is 1.37 bits per heavy atom. The van der Waals surface area contributed by atoms with Gasteiger partial charge in [-0.05, 0) is 49.4 Å². The van der Waals surface area contributed by atoms with E-state index in [9.17, 15) is 4.79 Å². The van der Waals surface area contributed by atoms with Crippen molar-refractivity contribution < 1.29 is 4.79 Å². The first-order valence-electron chi connectivity index (χ1n) is 7.51. The van der Waals surface area contributed by atoms with Crippen LogP contribution in [0.15, 0.2) is 4.99 Å². The molecule has 0 saturated heterocycles. The van der Waals surface area contributed by atoms with Crippen molar-refractivity contribution in [2.75, 3.05) is 6.54 Å². The monoisotopic (exact) mass is 263 g/mol. The van der Waals surface area contributed by atoms with Crippen LogP contribution in [0.5, 0.6) is 0 Å². The van der Waals surface area contributed by atoms with E-state index in [2.05, 4.69) is 25.8 Å². The summed E-state index contributed by atoms with van der Waals surface area (Å²) in [6.45, 7) is 7.72. The molecule has 0 radical (unpaired) electrons. The molecule has 2 N–H and O–H groups in total. The number of rotatable bonds is 2. The minimum Gasteiger partial charge on any atom is -0.385 e. The van der Waals surface area contributed by atoms with Gasteiger partial charge in [0.2, 0.25) is 0 Å². The van der Waals surface area contributed by atoms with Crippen LogP contribution in [-0.4, -0.2) is 28.9 Å². The van der Waals surface area contributed by atoms with Crippen LogP contribution in [0.25, 0.3) is 0 Å². The Bertz CT molecular complexity index is 439. The van der Waals surface area contributed by atoms with Crippen molar-refractivity contribution >= 4 is 11.9 Å². The van der Waals surface area contributed by atoms with Crippen molar-refractivity contribution in [2.24, 2.45) is 28.0 Å². The number of hydrogen-bond acceptors (Lipinski definition) is 2. The molecular formula is C15H25N3O. The van der Waals surface area contributed by atoms with Gasteiger partial charge in [-0.1, -0.05) is 20.8 Å². The van der Waals surface area contributed by atoms with Gasteiger partial charge < -0.3 is 10.6 Å². The molecule has 4 heteroatoms. The number of aliphatic imine (C=N–C) groups is 1. The molecule has 106 valence electrons. The predicted molar refractivity (Wildman–Crippen MR) is 76.0 cm³/mol. The number of carbonyl (C=O) groups is 1. The summed E-state index contributed by atoms with van der Waals surface area (Å²) in [4.78, 5) is 18.3. The molecule has 0 aromatic heterocycles. The van der Waals surface area contributed by atoms with Gasteiger partial charge in [0.15, 0.2) is 0 Å². The molecule has 2 amide bonds. The number of urea groups is 1. The second-order valence-corrected chi connectivity index (χ2v) is 7.53. The SMILES string of the molecule is CC1CC(C)(C)CCC12C(N)=NC(=O)N2CC1CC1. The van der Waals surface area contributed by atoms with Crippen LogP contribution in [0, 0.1) is 17.3 Å². The van der Waals surface area contributed by atoms with Crippen molar-refractivity contribution in [3.8, 4) is 0 Å². The van der Waals surface area contributed by atoms with Gasteiger partial charge in [-0.15, -0.1) is 0 Å². The number of nitrogens with two attached hydrogens (primary N) is 1. The van der Waals surface area contributed by atoms with Crippen molar-refractivity contribution in [1.29, 1.82) is 0 Å². The fraction of sp³-hybridized carbons (Fsp3) is 0.867. The minimum absolute atomic E-state index is 0.101. The van der Waals surface area contributed by atoms with E-state index in [0.717, 1.165) is 25.8 Å². The average molecular weight is 263 g/mol. The lowest BCUT2D eigenvalue weighted by Crippen LogP contribution is -2.61. The van der Waals surface area contributed by atoms with E-state index in [1.54, 1.807) is 0 Å². The molecule has 2 saturated carbocycles. The summed E-state index contributed by atoms with van der Waals surface area (Å²) in [5.74, 6) is 1.65. The molecule has 2 aliphatic carbocycles. The molecule has 3 aliphatic rings. The Kier molecular flexibility index (Phi) is 2.70. The van der Waals surface area contributed by atoms with Gasteiger partial charge in [0.1, 0.15) is 11.4 Å². The summed E-state index contributed by atoms with van der Waals surface area (Å²) in [6, 6.07) is -0.101. The Balaban J connectivity index is 1.90. The van der Waals surface area contributed by atoms with E-state index in [4.69, 9.17) is 5.73 Å². The van der Waals surface area contributed by atoms with E-state index in [0.29, 0.717) is 23.1 Å². The summed E-state index contributed by atoms with van der Waals surface area (Å²) >= 11 is 0. The number of carbonyl (C=O) groups excluding carboxylic acids is 1. The lowest BCUT2D eigenvalue weighted by Gasteiger charge is -2.50. The Hall–Kier alpha value is -1.06. The highest BCUT2D eigenvalue weighted by Gasteiger charge is 2.56. The van der Waals surface area contributed by atoms with Crippen molar-refractivity contribution in [2.45, 2.75) is 58.4 Å². The van der Waals surface area contributed by atoms with Gasteiger partial charge in [0.25, 0.3) is 0 Å². The van der Waals surface area contributed by atoms with Crippen LogP contribution in [-0.2, 0) is 0 Å². The quantitative estimate of drug-likeness (QED) is 0.832. The molecular weight excluding hydrogens is 238 g/mol. The second-order valence-electron chi connectivity index (χ2n) is 7.53. The summed E-state index contributed by atoms with van der Waals surface area (Å²) < 4.78 is 0. The first-order valence-corrected chi connectivity index (χ1v) is 7.51. The molecule has 3 rings (SSSR count). The van der Waals surface area contributed by atoms with Crippen molar-refractivity contribution in [3.63, 3.8) is 0 Å². The maximum atomic E-state index is 12.2. The van der Waals surface area contributed by atoms with E-state index >= 15 is 0 Å². The van der Waals surface area contributed by atoms with Gasteiger partial charge in [0.05, 0.1) is 0 Å². The minimum atomic E-state index is -0.283. The number of hydrogen-bond donors (Lipinski definition) is 1. The predicted octanol–water partition coefficient (Wildman–Crippen LogP) is 2.77. The largest absolute Gasteiger partial charge is 0.385 e. The molecule has 0 bridgehead atoms.